The number of aliphatic carboxylic acids is 1. The van der Waals surface area contributed by atoms with Crippen LogP contribution in [0.1, 0.15) is 51.9 Å². The lowest BCUT2D eigenvalue weighted by Crippen LogP contribution is -2.43. The van der Waals surface area contributed by atoms with Gasteiger partial charge in [-0.05, 0) is 12.8 Å². The van der Waals surface area contributed by atoms with Crippen molar-refractivity contribution in [3.05, 3.63) is 24.3 Å². The third kappa shape index (κ3) is 8.06. The van der Waals surface area contributed by atoms with Crippen LogP contribution in [0.3, 0.4) is 0 Å². The highest BCUT2D eigenvalue weighted by Crippen LogP contribution is 2.29. The molecule has 4 N–H and O–H groups in total. The Kier molecular flexibility index (Phi) is 9.86. The fourth-order valence-corrected chi connectivity index (χ4v) is 2.79. The fourth-order valence-electron chi connectivity index (χ4n) is 2.79. The minimum Gasteiger partial charge on any atom is -0.481 e. The molecule has 0 aromatic carbocycles. The van der Waals surface area contributed by atoms with E-state index >= 15 is 0 Å². The number of carboxylic acids is 1. The maximum atomic E-state index is 10.5. The number of unbranched alkanes of at least 4 members (excludes halogenated alkanes) is 2. The number of carboxylic acid groups (broad SMARTS) is 1. The number of hydrogen-bond acceptors (Lipinski definition) is 5. The van der Waals surface area contributed by atoms with Gasteiger partial charge in [0, 0.05) is 12.3 Å². The van der Waals surface area contributed by atoms with Gasteiger partial charge in [0.2, 0.25) is 0 Å². The lowest BCUT2D eigenvalue weighted by molar-refractivity contribution is -0.199. The number of ether oxygens (including phenoxy) is 1. The van der Waals surface area contributed by atoms with Gasteiger partial charge in [0.05, 0.1) is 24.7 Å². The summed E-state index contributed by atoms with van der Waals surface area (Å²) in [6, 6.07) is 0. The van der Waals surface area contributed by atoms with Crippen LogP contribution in [0, 0.1) is 5.92 Å². The minimum absolute atomic E-state index is 0.0665. The van der Waals surface area contributed by atoms with Crippen molar-refractivity contribution >= 4 is 5.97 Å². The van der Waals surface area contributed by atoms with Crippen LogP contribution in [0.4, 0.5) is 0 Å². The van der Waals surface area contributed by atoms with Gasteiger partial charge in [0.15, 0.2) is 6.29 Å². The van der Waals surface area contributed by atoms with Gasteiger partial charge in [0.1, 0.15) is 0 Å². The molecule has 1 fully saturated rings. The number of aliphatic hydroxyl groups is 3. The standard InChI is InChI=1S/C18H30O6/c1-2-3-4-7-13(19)10-11-16-14(8-5-6-9-17(21)22)15(20)12-18(23)24-16/h5-6,10-11,13-16,18-20,23H,2-4,7-9,12H2,1H3,(H,21,22)/b6-5-,11-10+/t13-,14-,15?,16?,18?/m0/s1. The quantitative estimate of drug-likeness (QED) is 0.357. The molecule has 0 aromatic rings. The summed E-state index contributed by atoms with van der Waals surface area (Å²) in [5.41, 5.74) is 0. The summed E-state index contributed by atoms with van der Waals surface area (Å²) in [5, 5.41) is 38.4. The highest BCUT2D eigenvalue weighted by Gasteiger charge is 2.35. The molecule has 0 spiro atoms. The van der Waals surface area contributed by atoms with Crippen LogP contribution in [0.2, 0.25) is 0 Å². The van der Waals surface area contributed by atoms with E-state index in [1.807, 2.05) is 0 Å². The van der Waals surface area contributed by atoms with E-state index in [1.54, 1.807) is 24.3 Å². The van der Waals surface area contributed by atoms with Crippen molar-refractivity contribution in [2.24, 2.45) is 5.92 Å². The lowest BCUT2D eigenvalue weighted by atomic mass is 9.87. The summed E-state index contributed by atoms with van der Waals surface area (Å²) in [5.74, 6) is -1.19. The molecule has 5 atom stereocenters. The summed E-state index contributed by atoms with van der Waals surface area (Å²) >= 11 is 0. The molecule has 6 nitrogen and oxygen atoms in total. The molecule has 6 heteroatoms. The van der Waals surface area contributed by atoms with Crippen molar-refractivity contribution in [1.82, 2.24) is 0 Å². The van der Waals surface area contributed by atoms with Gasteiger partial charge in [-0.1, -0.05) is 50.5 Å². The Morgan fingerprint density at radius 2 is 2.04 bits per heavy atom. The third-order valence-electron chi connectivity index (χ3n) is 4.17. The Morgan fingerprint density at radius 3 is 2.71 bits per heavy atom. The minimum atomic E-state index is -1.04. The Bertz CT molecular complexity index is 420. The Balaban J connectivity index is 2.60. The van der Waals surface area contributed by atoms with Crippen molar-refractivity contribution in [1.29, 1.82) is 0 Å². The SMILES string of the molecule is CCCCC[C@H](O)/C=C/C1OC(O)CC(O)[C@@H]1C/C=C\CC(=O)O. The average Bonchev–Trinajstić information content (AvgIpc) is 2.51. The van der Waals surface area contributed by atoms with Gasteiger partial charge in [-0.2, -0.15) is 0 Å². The predicted molar refractivity (Wildman–Crippen MR) is 90.3 cm³/mol. The van der Waals surface area contributed by atoms with E-state index in [1.165, 1.54) is 0 Å². The van der Waals surface area contributed by atoms with E-state index in [9.17, 15) is 20.1 Å². The highest BCUT2D eigenvalue weighted by atomic mass is 16.6. The molecule has 3 unspecified atom stereocenters. The average molecular weight is 342 g/mol. The number of hydrogen-bond donors (Lipinski definition) is 4. The molecular formula is C18H30O6. The van der Waals surface area contributed by atoms with E-state index in [-0.39, 0.29) is 18.8 Å². The second-order valence-corrected chi connectivity index (χ2v) is 6.28. The van der Waals surface area contributed by atoms with Gasteiger partial charge >= 0.3 is 5.97 Å². The topological polar surface area (TPSA) is 107 Å². The van der Waals surface area contributed by atoms with Crippen LogP contribution in [0.5, 0.6) is 0 Å². The van der Waals surface area contributed by atoms with E-state index in [2.05, 4.69) is 6.92 Å². The molecule has 0 aliphatic carbocycles. The molecule has 1 saturated heterocycles. The van der Waals surface area contributed by atoms with Crippen LogP contribution in [-0.4, -0.2) is 51.0 Å². The van der Waals surface area contributed by atoms with Crippen LogP contribution in [0.25, 0.3) is 0 Å². The summed E-state index contributed by atoms with van der Waals surface area (Å²) < 4.78 is 5.47. The fraction of sp³-hybridized carbons (Fsp3) is 0.722. The van der Waals surface area contributed by atoms with Gasteiger partial charge < -0.3 is 25.2 Å². The first kappa shape index (κ1) is 20.8. The van der Waals surface area contributed by atoms with Crippen molar-refractivity contribution in [2.45, 2.75) is 76.5 Å². The summed E-state index contributed by atoms with van der Waals surface area (Å²) in [7, 11) is 0. The first-order valence-corrected chi connectivity index (χ1v) is 8.68. The Labute approximate surface area is 143 Å². The smallest absolute Gasteiger partial charge is 0.307 e. The highest BCUT2D eigenvalue weighted by molar-refractivity contribution is 5.68. The lowest BCUT2D eigenvalue weighted by Gasteiger charge is -2.36. The molecule has 0 radical (unpaired) electrons. The second-order valence-electron chi connectivity index (χ2n) is 6.28. The summed E-state index contributed by atoms with van der Waals surface area (Å²) in [6.07, 6.45) is 8.01. The molecule has 1 rings (SSSR count). The van der Waals surface area contributed by atoms with E-state index in [0.29, 0.717) is 12.8 Å². The van der Waals surface area contributed by atoms with E-state index in [0.717, 1.165) is 19.3 Å². The third-order valence-corrected chi connectivity index (χ3v) is 4.17. The molecule has 0 saturated carbocycles. The van der Waals surface area contributed by atoms with E-state index in [4.69, 9.17) is 9.84 Å². The number of rotatable bonds is 10. The molecule has 1 heterocycles. The van der Waals surface area contributed by atoms with Crippen molar-refractivity contribution in [3.8, 4) is 0 Å². The Hall–Kier alpha value is -1.21. The van der Waals surface area contributed by atoms with Gasteiger partial charge in [-0.15, -0.1) is 0 Å². The largest absolute Gasteiger partial charge is 0.481 e. The van der Waals surface area contributed by atoms with E-state index < -0.39 is 30.6 Å². The van der Waals surface area contributed by atoms with Crippen molar-refractivity contribution in [2.75, 3.05) is 0 Å². The number of carbonyl (C=O) groups is 1. The molecule has 0 aromatic heterocycles. The normalized spacial score (nSPS) is 29.3. The van der Waals surface area contributed by atoms with Crippen LogP contribution < -0.4 is 0 Å². The van der Waals surface area contributed by atoms with Crippen molar-refractivity contribution < 1.29 is 30.0 Å². The molecule has 1 aliphatic heterocycles. The van der Waals surface area contributed by atoms with Gasteiger partial charge in [-0.25, -0.2) is 0 Å². The first-order chi connectivity index (χ1) is 11.4. The van der Waals surface area contributed by atoms with Crippen LogP contribution in [-0.2, 0) is 9.53 Å². The number of allylic oxidation sites excluding steroid dienone is 1. The zero-order valence-corrected chi connectivity index (χ0v) is 14.3. The maximum absolute atomic E-state index is 10.5. The zero-order chi connectivity index (χ0) is 17.9. The molecule has 24 heavy (non-hydrogen) atoms. The number of aliphatic hydroxyl groups excluding tert-OH is 3. The molecule has 0 amide bonds. The molecule has 1 aliphatic rings. The molecule has 0 bridgehead atoms. The van der Waals surface area contributed by atoms with Gasteiger partial charge in [-0.3, -0.25) is 4.79 Å². The van der Waals surface area contributed by atoms with Crippen LogP contribution >= 0.6 is 0 Å². The summed E-state index contributed by atoms with van der Waals surface area (Å²) in [6.45, 7) is 2.10. The maximum Gasteiger partial charge on any atom is 0.307 e. The zero-order valence-electron chi connectivity index (χ0n) is 14.3. The molecule has 138 valence electrons. The Morgan fingerprint density at radius 1 is 1.29 bits per heavy atom. The second kappa shape index (κ2) is 11.4. The van der Waals surface area contributed by atoms with Crippen LogP contribution in [0.15, 0.2) is 24.3 Å². The molecular weight excluding hydrogens is 312 g/mol. The summed E-state index contributed by atoms with van der Waals surface area (Å²) in [4.78, 5) is 10.5. The van der Waals surface area contributed by atoms with Gasteiger partial charge in [0.25, 0.3) is 0 Å². The first-order valence-electron chi connectivity index (χ1n) is 8.68. The monoisotopic (exact) mass is 342 g/mol. The van der Waals surface area contributed by atoms with Crippen molar-refractivity contribution in [3.63, 3.8) is 0 Å². The predicted octanol–water partition coefficient (Wildman–Crippen LogP) is 1.99.